The number of ether oxygens (including phenoxy) is 1. The molecule has 0 saturated carbocycles. The van der Waals surface area contributed by atoms with Crippen molar-refractivity contribution in [1.29, 1.82) is 0 Å². The molecule has 0 bridgehead atoms. The van der Waals surface area contributed by atoms with Gasteiger partial charge in [-0.3, -0.25) is 4.79 Å². The summed E-state index contributed by atoms with van der Waals surface area (Å²) in [6, 6.07) is 14.8. The molecule has 3 heteroatoms. The Morgan fingerprint density at radius 2 is 2.00 bits per heavy atom. The van der Waals surface area contributed by atoms with Crippen LogP contribution in [0.1, 0.15) is 34.6 Å². The zero-order valence-electron chi connectivity index (χ0n) is 14.6. The Labute approximate surface area is 144 Å². The lowest BCUT2D eigenvalue weighted by Crippen LogP contribution is -2.41. The summed E-state index contributed by atoms with van der Waals surface area (Å²) in [7, 11) is 1.70. The van der Waals surface area contributed by atoms with Gasteiger partial charge in [-0.15, -0.1) is 0 Å². The highest BCUT2D eigenvalue weighted by molar-refractivity contribution is 5.80. The molecule has 1 saturated heterocycles. The number of carbonyl (C=O) groups excluding carboxylic acids is 1. The molecular formula is C21H25NO2. The Kier molecular flexibility index (Phi) is 4.89. The summed E-state index contributed by atoms with van der Waals surface area (Å²) in [5.74, 6) is 1.49. The maximum absolute atomic E-state index is 12.3. The molecule has 0 aromatic heterocycles. The van der Waals surface area contributed by atoms with Crippen LogP contribution in [0.3, 0.4) is 0 Å². The van der Waals surface area contributed by atoms with E-state index in [4.69, 9.17) is 4.74 Å². The monoisotopic (exact) mass is 323 g/mol. The van der Waals surface area contributed by atoms with Crippen LogP contribution in [-0.2, 0) is 11.2 Å². The Bertz CT molecular complexity index is 738. The van der Waals surface area contributed by atoms with Gasteiger partial charge < -0.3 is 10.1 Å². The summed E-state index contributed by atoms with van der Waals surface area (Å²) >= 11 is 0. The third-order valence-corrected chi connectivity index (χ3v) is 4.92. The molecule has 1 aliphatic heterocycles. The molecule has 1 N–H and O–H groups in total. The first-order valence-corrected chi connectivity index (χ1v) is 8.54. The van der Waals surface area contributed by atoms with Crippen LogP contribution in [-0.4, -0.2) is 19.6 Å². The van der Waals surface area contributed by atoms with E-state index in [-0.39, 0.29) is 11.8 Å². The normalized spacial score (nSPS) is 20.5. The zero-order valence-corrected chi connectivity index (χ0v) is 14.6. The van der Waals surface area contributed by atoms with E-state index in [2.05, 4.69) is 55.6 Å². The fourth-order valence-electron chi connectivity index (χ4n) is 3.61. The zero-order chi connectivity index (χ0) is 17.1. The van der Waals surface area contributed by atoms with Crippen LogP contribution in [0, 0.1) is 19.8 Å². The topological polar surface area (TPSA) is 38.3 Å². The van der Waals surface area contributed by atoms with Gasteiger partial charge in [-0.05, 0) is 49.4 Å². The van der Waals surface area contributed by atoms with Gasteiger partial charge >= 0.3 is 0 Å². The van der Waals surface area contributed by atoms with Crippen LogP contribution in [0.15, 0.2) is 42.5 Å². The molecule has 0 spiro atoms. The van der Waals surface area contributed by atoms with Crippen molar-refractivity contribution in [3.05, 3.63) is 64.7 Å². The van der Waals surface area contributed by atoms with Gasteiger partial charge in [0.05, 0.1) is 7.11 Å². The number of rotatable bonds is 4. The van der Waals surface area contributed by atoms with Gasteiger partial charge in [0.2, 0.25) is 5.91 Å². The van der Waals surface area contributed by atoms with Crippen molar-refractivity contribution in [1.82, 2.24) is 5.32 Å². The molecule has 1 aliphatic rings. The Balaban J connectivity index is 1.75. The average molecular weight is 323 g/mol. The van der Waals surface area contributed by atoms with Gasteiger partial charge in [0, 0.05) is 18.4 Å². The number of aryl methyl sites for hydroxylation is 2. The first-order chi connectivity index (χ1) is 11.6. The Morgan fingerprint density at radius 3 is 2.71 bits per heavy atom. The Hall–Kier alpha value is -2.29. The van der Waals surface area contributed by atoms with E-state index in [1.807, 2.05) is 6.07 Å². The molecule has 1 fully saturated rings. The first kappa shape index (κ1) is 16.6. The SMILES string of the molecule is COc1ccc(C2CNC(=O)C(Cc3cccc(C)c3)C2)cc1C. The van der Waals surface area contributed by atoms with Crippen molar-refractivity contribution in [3.63, 3.8) is 0 Å². The van der Waals surface area contributed by atoms with Crippen LogP contribution in [0.25, 0.3) is 0 Å². The molecular weight excluding hydrogens is 298 g/mol. The lowest BCUT2D eigenvalue weighted by atomic mass is 9.81. The van der Waals surface area contributed by atoms with Gasteiger partial charge in [-0.1, -0.05) is 42.0 Å². The highest BCUT2D eigenvalue weighted by Crippen LogP contribution is 2.31. The molecule has 2 aromatic carbocycles. The van der Waals surface area contributed by atoms with E-state index < -0.39 is 0 Å². The molecule has 2 atom stereocenters. The summed E-state index contributed by atoms with van der Waals surface area (Å²) in [5.41, 5.74) is 4.90. The minimum absolute atomic E-state index is 0.0351. The lowest BCUT2D eigenvalue weighted by molar-refractivity contribution is -0.126. The average Bonchev–Trinajstić information content (AvgIpc) is 2.57. The van der Waals surface area contributed by atoms with Crippen LogP contribution < -0.4 is 10.1 Å². The predicted molar refractivity (Wildman–Crippen MR) is 96.5 cm³/mol. The quantitative estimate of drug-likeness (QED) is 0.930. The van der Waals surface area contributed by atoms with Gasteiger partial charge in [0.1, 0.15) is 5.75 Å². The number of amides is 1. The summed E-state index contributed by atoms with van der Waals surface area (Å²) < 4.78 is 5.35. The Morgan fingerprint density at radius 1 is 1.17 bits per heavy atom. The maximum Gasteiger partial charge on any atom is 0.223 e. The second-order valence-electron chi connectivity index (χ2n) is 6.80. The summed E-state index contributed by atoms with van der Waals surface area (Å²) in [4.78, 5) is 12.3. The number of hydrogen-bond acceptors (Lipinski definition) is 2. The number of methoxy groups -OCH3 is 1. The predicted octanol–water partition coefficient (Wildman–Crippen LogP) is 3.77. The van der Waals surface area contributed by atoms with E-state index >= 15 is 0 Å². The van der Waals surface area contributed by atoms with Crippen molar-refractivity contribution in [3.8, 4) is 5.75 Å². The molecule has 1 amide bonds. The smallest absolute Gasteiger partial charge is 0.223 e. The highest BCUT2D eigenvalue weighted by atomic mass is 16.5. The van der Waals surface area contributed by atoms with Gasteiger partial charge in [0.15, 0.2) is 0 Å². The van der Waals surface area contributed by atoms with Gasteiger partial charge in [0.25, 0.3) is 0 Å². The summed E-state index contributed by atoms with van der Waals surface area (Å²) in [5, 5.41) is 3.09. The van der Waals surface area contributed by atoms with Crippen molar-refractivity contribution >= 4 is 5.91 Å². The van der Waals surface area contributed by atoms with Gasteiger partial charge in [-0.2, -0.15) is 0 Å². The third kappa shape index (κ3) is 3.61. The fraction of sp³-hybridized carbons (Fsp3) is 0.381. The van der Waals surface area contributed by atoms with Crippen molar-refractivity contribution < 1.29 is 9.53 Å². The summed E-state index contributed by atoms with van der Waals surface area (Å²) in [6.45, 7) is 4.87. The molecule has 0 radical (unpaired) electrons. The van der Waals surface area contributed by atoms with Crippen LogP contribution >= 0.6 is 0 Å². The van der Waals surface area contributed by atoms with E-state index in [1.54, 1.807) is 7.11 Å². The van der Waals surface area contributed by atoms with E-state index in [1.165, 1.54) is 16.7 Å². The second-order valence-corrected chi connectivity index (χ2v) is 6.80. The number of piperidine rings is 1. The second kappa shape index (κ2) is 7.08. The van der Waals surface area contributed by atoms with Crippen LogP contribution in [0.5, 0.6) is 5.75 Å². The van der Waals surface area contributed by atoms with E-state index in [0.29, 0.717) is 5.92 Å². The van der Waals surface area contributed by atoms with Crippen LogP contribution in [0.2, 0.25) is 0 Å². The number of carbonyl (C=O) groups is 1. The lowest BCUT2D eigenvalue weighted by Gasteiger charge is -2.30. The standard InChI is InChI=1S/C21H25NO2/c1-14-5-4-6-16(9-14)11-18-12-19(13-22-21(18)23)17-7-8-20(24-3)15(2)10-17/h4-10,18-19H,11-13H2,1-3H3,(H,22,23). The summed E-state index contributed by atoms with van der Waals surface area (Å²) in [6.07, 6.45) is 1.70. The van der Waals surface area contributed by atoms with Crippen LogP contribution in [0.4, 0.5) is 0 Å². The molecule has 2 unspecified atom stereocenters. The van der Waals surface area contributed by atoms with Crippen molar-refractivity contribution in [2.45, 2.75) is 32.6 Å². The van der Waals surface area contributed by atoms with Crippen molar-refractivity contribution in [2.24, 2.45) is 5.92 Å². The number of benzene rings is 2. The molecule has 2 aromatic rings. The molecule has 0 aliphatic carbocycles. The first-order valence-electron chi connectivity index (χ1n) is 8.54. The van der Waals surface area contributed by atoms with E-state index in [0.717, 1.165) is 30.7 Å². The number of hydrogen-bond donors (Lipinski definition) is 1. The van der Waals surface area contributed by atoms with Gasteiger partial charge in [-0.25, -0.2) is 0 Å². The largest absolute Gasteiger partial charge is 0.496 e. The van der Waals surface area contributed by atoms with Crippen molar-refractivity contribution in [2.75, 3.05) is 13.7 Å². The minimum atomic E-state index is 0.0351. The number of nitrogens with one attached hydrogen (secondary N) is 1. The fourth-order valence-corrected chi connectivity index (χ4v) is 3.61. The molecule has 1 heterocycles. The third-order valence-electron chi connectivity index (χ3n) is 4.92. The minimum Gasteiger partial charge on any atom is -0.496 e. The highest BCUT2D eigenvalue weighted by Gasteiger charge is 2.29. The molecule has 3 rings (SSSR count). The van der Waals surface area contributed by atoms with E-state index in [9.17, 15) is 4.79 Å². The maximum atomic E-state index is 12.3. The molecule has 126 valence electrons. The molecule has 24 heavy (non-hydrogen) atoms. The molecule has 3 nitrogen and oxygen atoms in total.